The van der Waals surface area contributed by atoms with Gasteiger partial charge in [0.15, 0.2) is 0 Å². The van der Waals surface area contributed by atoms with Crippen LogP contribution in [0.2, 0.25) is 0 Å². The number of ether oxygens (including phenoxy) is 1. The van der Waals surface area contributed by atoms with E-state index in [4.69, 9.17) is 4.74 Å². The predicted molar refractivity (Wildman–Crippen MR) is 84.0 cm³/mol. The number of carbonyl (C=O) groups excluding carboxylic acids is 2. The number of hydrogen-bond acceptors (Lipinski definition) is 4. The number of carbonyl (C=O) groups is 2. The third kappa shape index (κ3) is 4.17. The highest BCUT2D eigenvalue weighted by Crippen LogP contribution is 2.20. The zero-order valence-electron chi connectivity index (χ0n) is 12.5. The van der Waals surface area contributed by atoms with E-state index in [1.165, 1.54) is 5.56 Å². The van der Waals surface area contributed by atoms with Crippen LogP contribution in [0.3, 0.4) is 0 Å². The number of rotatable bonds is 4. The Labute approximate surface area is 129 Å². The topological polar surface area (TPSA) is 46.6 Å². The molecule has 2 rings (SSSR count). The first-order chi connectivity index (χ1) is 10.1. The van der Waals surface area contributed by atoms with Gasteiger partial charge in [-0.25, -0.2) is 0 Å². The third-order valence-electron chi connectivity index (χ3n) is 3.63. The Morgan fingerprint density at radius 3 is 3.00 bits per heavy atom. The van der Waals surface area contributed by atoms with Gasteiger partial charge in [-0.1, -0.05) is 0 Å². The molecule has 1 aromatic rings. The van der Waals surface area contributed by atoms with Crippen molar-refractivity contribution in [1.29, 1.82) is 0 Å². The van der Waals surface area contributed by atoms with Gasteiger partial charge >= 0.3 is 5.97 Å². The van der Waals surface area contributed by atoms with Gasteiger partial charge in [-0.3, -0.25) is 9.59 Å². The lowest BCUT2D eigenvalue weighted by atomic mass is 9.98. The van der Waals surface area contributed by atoms with Crippen molar-refractivity contribution in [2.24, 2.45) is 5.92 Å². The molecule has 4 nitrogen and oxygen atoms in total. The number of nitrogens with zero attached hydrogens (tertiary/aromatic N) is 1. The minimum atomic E-state index is -0.187. The molecule has 5 heteroatoms. The van der Waals surface area contributed by atoms with Gasteiger partial charge in [-0.15, -0.1) is 11.3 Å². The fourth-order valence-electron chi connectivity index (χ4n) is 2.44. The largest absolute Gasteiger partial charge is 0.466 e. The van der Waals surface area contributed by atoms with E-state index < -0.39 is 0 Å². The number of amides is 1. The number of likely N-dealkylation sites (tertiary alicyclic amines) is 1. The quantitative estimate of drug-likeness (QED) is 0.635. The second-order valence-corrected chi connectivity index (χ2v) is 6.12. The Morgan fingerprint density at radius 1 is 1.52 bits per heavy atom. The average molecular weight is 307 g/mol. The van der Waals surface area contributed by atoms with Crippen LogP contribution in [0.25, 0.3) is 6.08 Å². The van der Waals surface area contributed by atoms with E-state index in [2.05, 4.69) is 0 Å². The lowest BCUT2D eigenvalue weighted by molar-refractivity contribution is -0.150. The normalized spacial score (nSPS) is 19.0. The maximum atomic E-state index is 12.2. The molecule has 0 bridgehead atoms. The monoisotopic (exact) mass is 307 g/mol. The minimum Gasteiger partial charge on any atom is -0.466 e. The summed E-state index contributed by atoms with van der Waals surface area (Å²) in [7, 11) is 0. The van der Waals surface area contributed by atoms with Gasteiger partial charge in [0, 0.05) is 24.0 Å². The number of hydrogen-bond donors (Lipinski definition) is 0. The van der Waals surface area contributed by atoms with Gasteiger partial charge in [0.1, 0.15) is 0 Å². The molecular weight excluding hydrogens is 286 g/mol. The SMILES string of the molecule is CCOC(=O)[C@H]1CCCN(C(=O)/C=C/c2sccc2C)C1. The fourth-order valence-corrected chi connectivity index (χ4v) is 3.26. The van der Waals surface area contributed by atoms with Crippen molar-refractivity contribution in [3.05, 3.63) is 28.0 Å². The summed E-state index contributed by atoms with van der Waals surface area (Å²) in [5.74, 6) is -0.399. The Kier molecular flexibility index (Phi) is 5.56. The van der Waals surface area contributed by atoms with E-state index in [9.17, 15) is 9.59 Å². The summed E-state index contributed by atoms with van der Waals surface area (Å²) in [6.45, 7) is 5.39. The van der Waals surface area contributed by atoms with Gasteiger partial charge in [0.05, 0.1) is 12.5 Å². The summed E-state index contributed by atoms with van der Waals surface area (Å²) in [5, 5.41) is 2.01. The second kappa shape index (κ2) is 7.41. The van der Waals surface area contributed by atoms with E-state index in [0.29, 0.717) is 19.7 Å². The number of piperidine rings is 1. The highest BCUT2D eigenvalue weighted by atomic mass is 32.1. The van der Waals surface area contributed by atoms with Gasteiger partial charge in [0.2, 0.25) is 5.91 Å². The van der Waals surface area contributed by atoms with Crippen LogP contribution < -0.4 is 0 Å². The van der Waals surface area contributed by atoms with E-state index in [0.717, 1.165) is 17.7 Å². The lowest BCUT2D eigenvalue weighted by Gasteiger charge is -2.30. The summed E-state index contributed by atoms with van der Waals surface area (Å²) < 4.78 is 5.05. The molecule has 0 aliphatic carbocycles. The van der Waals surface area contributed by atoms with Crippen LogP contribution in [0, 0.1) is 12.8 Å². The van der Waals surface area contributed by atoms with Gasteiger partial charge in [-0.2, -0.15) is 0 Å². The van der Waals surface area contributed by atoms with Crippen LogP contribution in [-0.4, -0.2) is 36.5 Å². The molecular formula is C16H21NO3S. The third-order valence-corrected chi connectivity index (χ3v) is 4.62. The summed E-state index contributed by atoms with van der Waals surface area (Å²) in [4.78, 5) is 26.8. The molecule has 1 aromatic heterocycles. The summed E-state index contributed by atoms with van der Waals surface area (Å²) in [5.41, 5.74) is 1.17. The van der Waals surface area contributed by atoms with Crippen molar-refractivity contribution in [2.45, 2.75) is 26.7 Å². The Morgan fingerprint density at radius 2 is 2.33 bits per heavy atom. The molecule has 1 aliphatic heterocycles. The van der Waals surface area contributed by atoms with Crippen molar-refractivity contribution in [1.82, 2.24) is 4.90 Å². The number of esters is 1. The molecule has 1 saturated heterocycles. The molecule has 1 fully saturated rings. The Balaban J connectivity index is 1.94. The standard InChI is InChI=1S/C16H21NO3S/c1-3-20-16(19)13-5-4-9-17(11-13)15(18)7-6-14-12(2)8-10-21-14/h6-8,10,13H,3-5,9,11H2,1-2H3/b7-6+/t13-/m0/s1. The van der Waals surface area contributed by atoms with E-state index in [-0.39, 0.29) is 17.8 Å². The zero-order chi connectivity index (χ0) is 15.2. The molecule has 1 amide bonds. The fraction of sp³-hybridized carbons (Fsp3) is 0.500. The van der Waals surface area contributed by atoms with Crippen molar-refractivity contribution in [3.8, 4) is 0 Å². The summed E-state index contributed by atoms with van der Waals surface area (Å²) in [6, 6.07) is 2.03. The maximum Gasteiger partial charge on any atom is 0.310 e. The molecule has 0 spiro atoms. The second-order valence-electron chi connectivity index (χ2n) is 5.18. The van der Waals surface area contributed by atoms with Crippen molar-refractivity contribution in [3.63, 3.8) is 0 Å². The highest BCUT2D eigenvalue weighted by molar-refractivity contribution is 7.11. The highest BCUT2D eigenvalue weighted by Gasteiger charge is 2.28. The summed E-state index contributed by atoms with van der Waals surface area (Å²) >= 11 is 1.62. The molecule has 2 heterocycles. The zero-order valence-corrected chi connectivity index (χ0v) is 13.3. The first-order valence-corrected chi connectivity index (χ1v) is 8.17. The van der Waals surface area contributed by atoms with Crippen LogP contribution in [-0.2, 0) is 14.3 Å². The van der Waals surface area contributed by atoms with Crippen LogP contribution in [0.4, 0.5) is 0 Å². The molecule has 114 valence electrons. The van der Waals surface area contributed by atoms with Crippen molar-refractivity contribution >= 4 is 29.3 Å². The first-order valence-electron chi connectivity index (χ1n) is 7.29. The van der Waals surface area contributed by atoms with Gasteiger partial charge < -0.3 is 9.64 Å². The van der Waals surface area contributed by atoms with Gasteiger partial charge in [0.25, 0.3) is 0 Å². The van der Waals surface area contributed by atoms with Crippen LogP contribution in [0.1, 0.15) is 30.2 Å². The Hall–Kier alpha value is -1.62. The Bertz CT molecular complexity index is 535. The average Bonchev–Trinajstić information content (AvgIpc) is 2.90. The van der Waals surface area contributed by atoms with Crippen molar-refractivity contribution < 1.29 is 14.3 Å². The predicted octanol–water partition coefficient (Wildman–Crippen LogP) is 2.87. The summed E-state index contributed by atoms with van der Waals surface area (Å²) in [6.07, 6.45) is 5.11. The lowest BCUT2D eigenvalue weighted by Crippen LogP contribution is -2.42. The molecule has 21 heavy (non-hydrogen) atoms. The molecule has 0 unspecified atom stereocenters. The molecule has 0 aromatic carbocycles. The van der Waals surface area contributed by atoms with Crippen LogP contribution in [0.5, 0.6) is 0 Å². The van der Waals surface area contributed by atoms with Gasteiger partial charge in [-0.05, 0) is 49.8 Å². The molecule has 0 saturated carbocycles. The van der Waals surface area contributed by atoms with E-state index in [1.807, 2.05) is 24.4 Å². The minimum absolute atomic E-state index is 0.0307. The number of thiophene rings is 1. The van der Waals surface area contributed by atoms with Crippen LogP contribution in [0.15, 0.2) is 17.5 Å². The molecule has 0 N–H and O–H groups in total. The molecule has 1 aliphatic rings. The van der Waals surface area contributed by atoms with Crippen LogP contribution >= 0.6 is 11.3 Å². The van der Waals surface area contributed by atoms with E-state index >= 15 is 0 Å². The maximum absolute atomic E-state index is 12.2. The first kappa shape index (κ1) is 15.8. The van der Waals surface area contributed by atoms with Crippen molar-refractivity contribution in [2.75, 3.05) is 19.7 Å². The number of aryl methyl sites for hydroxylation is 1. The molecule has 1 atom stereocenters. The smallest absolute Gasteiger partial charge is 0.310 e. The van der Waals surface area contributed by atoms with E-state index in [1.54, 1.807) is 29.2 Å². The molecule has 0 radical (unpaired) electrons.